The topological polar surface area (TPSA) is 85.7 Å². The van der Waals surface area contributed by atoms with Crippen LogP contribution in [0.5, 0.6) is 11.5 Å². The highest BCUT2D eigenvalue weighted by molar-refractivity contribution is 5.92. The Morgan fingerprint density at radius 3 is 2.43 bits per heavy atom. The summed E-state index contributed by atoms with van der Waals surface area (Å²) in [6.45, 7) is -0.333. The summed E-state index contributed by atoms with van der Waals surface area (Å²) >= 11 is 0. The first-order valence-electron chi connectivity index (χ1n) is 11.0. The molecule has 0 fully saturated rings. The van der Waals surface area contributed by atoms with E-state index in [-0.39, 0.29) is 36.1 Å². The highest BCUT2D eigenvalue weighted by atomic mass is 19.4. The van der Waals surface area contributed by atoms with Gasteiger partial charge in [0.05, 0.1) is 30.8 Å². The number of hydrogen-bond acceptors (Lipinski definition) is 7. The SMILES string of the molecule is COc1cc2nc(C)nc(N[C@H](C)c3cccc(C(F)(F)CO)c3F)c2cc1OCCOCC(F)(F)F. The molecule has 13 heteroatoms. The van der Waals surface area contributed by atoms with Crippen LogP contribution in [0, 0.1) is 12.7 Å². The third kappa shape index (κ3) is 6.92. The standard InChI is InChI=1S/C24H25F6N3O4/c1-13(15-5-4-6-17(21(15)25)23(26,27)11-34)31-22-16-9-20(37-8-7-36-12-24(28,29)30)19(35-3)10-18(16)32-14(2)33-22/h4-6,9-10,13,34H,7-8,11-12H2,1-3H3,(H,31,32,33)/t13-/m1/s1. The van der Waals surface area contributed by atoms with Crippen molar-refractivity contribution in [1.82, 2.24) is 9.97 Å². The molecule has 1 atom stereocenters. The van der Waals surface area contributed by atoms with E-state index in [9.17, 15) is 26.3 Å². The Hall–Kier alpha value is -3.32. The number of hydrogen-bond donors (Lipinski definition) is 2. The second-order valence-electron chi connectivity index (χ2n) is 8.09. The van der Waals surface area contributed by atoms with E-state index in [1.54, 1.807) is 13.8 Å². The van der Waals surface area contributed by atoms with Crippen molar-refractivity contribution in [3.05, 3.63) is 53.1 Å². The average molecular weight is 533 g/mol. The molecule has 0 saturated heterocycles. The molecular weight excluding hydrogens is 508 g/mol. The van der Waals surface area contributed by atoms with Crippen LogP contribution >= 0.6 is 0 Å². The van der Waals surface area contributed by atoms with Gasteiger partial charge in [-0.2, -0.15) is 22.0 Å². The van der Waals surface area contributed by atoms with Crippen molar-refractivity contribution in [2.45, 2.75) is 32.0 Å². The molecule has 2 aromatic carbocycles. The number of aliphatic hydroxyl groups is 1. The first kappa shape index (κ1) is 28.3. The zero-order valence-electron chi connectivity index (χ0n) is 20.1. The molecule has 0 aliphatic carbocycles. The van der Waals surface area contributed by atoms with E-state index in [0.717, 1.165) is 6.07 Å². The Morgan fingerprint density at radius 2 is 1.78 bits per heavy atom. The number of methoxy groups -OCH3 is 1. The Bertz CT molecular complexity index is 1240. The molecule has 0 unspecified atom stereocenters. The van der Waals surface area contributed by atoms with Gasteiger partial charge in [0.25, 0.3) is 5.92 Å². The number of alkyl halides is 5. The average Bonchev–Trinajstić information content (AvgIpc) is 2.82. The number of ether oxygens (including phenoxy) is 3. The Morgan fingerprint density at radius 1 is 1.05 bits per heavy atom. The van der Waals surface area contributed by atoms with E-state index in [1.807, 2.05) is 0 Å². The molecule has 0 amide bonds. The molecule has 0 radical (unpaired) electrons. The molecule has 7 nitrogen and oxygen atoms in total. The van der Waals surface area contributed by atoms with Gasteiger partial charge < -0.3 is 24.6 Å². The summed E-state index contributed by atoms with van der Waals surface area (Å²) in [5, 5.41) is 12.3. The minimum absolute atomic E-state index is 0.0816. The normalized spacial score (nSPS) is 13.0. The zero-order chi connectivity index (χ0) is 27.4. The smallest absolute Gasteiger partial charge is 0.411 e. The Kier molecular flexibility index (Phi) is 8.69. The van der Waals surface area contributed by atoms with E-state index >= 15 is 0 Å². The monoisotopic (exact) mass is 533 g/mol. The fourth-order valence-corrected chi connectivity index (χ4v) is 3.57. The Labute approximate surface area is 208 Å². The minimum atomic E-state index is -4.46. The molecule has 0 saturated carbocycles. The third-order valence-corrected chi connectivity index (χ3v) is 5.28. The number of nitrogens with zero attached hydrogens (tertiary/aromatic N) is 2. The molecule has 3 rings (SSSR count). The van der Waals surface area contributed by atoms with E-state index < -0.39 is 42.7 Å². The van der Waals surface area contributed by atoms with E-state index in [0.29, 0.717) is 16.7 Å². The van der Waals surface area contributed by atoms with Crippen molar-refractivity contribution >= 4 is 16.7 Å². The van der Waals surface area contributed by atoms with Crippen LogP contribution in [0.15, 0.2) is 30.3 Å². The quantitative estimate of drug-likeness (QED) is 0.256. The number of halogens is 6. The summed E-state index contributed by atoms with van der Waals surface area (Å²) < 4.78 is 95.0. The van der Waals surface area contributed by atoms with Gasteiger partial charge in [-0.1, -0.05) is 12.1 Å². The predicted octanol–water partition coefficient (Wildman–Crippen LogP) is 5.30. The number of anilines is 1. The van der Waals surface area contributed by atoms with Gasteiger partial charge in [0.2, 0.25) is 0 Å². The van der Waals surface area contributed by atoms with Crippen LogP contribution in [0.1, 0.15) is 29.9 Å². The lowest BCUT2D eigenvalue weighted by atomic mass is 10.00. The molecule has 1 heterocycles. The maximum Gasteiger partial charge on any atom is 0.411 e. The summed E-state index contributed by atoms with van der Waals surface area (Å²) in [5.41, 5.74) is -0.597. The van der Waals surface area contributed by atoms with Crippen molar-refractivity contribution in [2.75, 3.05) is 38.9 Å². The highest BCUT2D eigenvalue weighted by Gasteiger charge is 2.35. The third-order valence-electron chi connectivity index (χ3n) is 5.28. The number of benzene rings is 2. The van der Waals surface area contributed by atoms with Gasteiger partial charge in [-0.3, -0.25) is 0 Å². The van der Waals surface area contributed by atoms with Crippen molar-refractivity contribution in [1.29, 1.82) is 0 Å². The molecule has 37 heavy (non-hydrogen) atoms. The molecule has 0 spiro atoms. The van der Waals surface area contributed by atoms with Gasteiger partial charge in [-0.05, 0) is 26.0 Å². The van der Waals surface area contributed by atoms with Crippen LogP contribution in [0.25, 0.3) is 10.9 Å². The van der Waals surface area contributed by atoms with Crippen molar-refractivity contribution in [2.24, 2.45) is 0 Å². The summed E-state index contributed by atoms with van der Waals surface area (Å²) in [5.74, 6) is -3.92. The van der Waals surface area contributed by atoms with Gasteiger partial charge in [0, 0.05) is 17.0 Å². The van der Waals surface area contributed by atoms with Crippen LogP contribution in [0.4, 0.5) is 32.2 Å². The molecule has 202 valence electrons. The lowest BCUT2D eigenvalue weighted by Crippen LogP contribution is -2.22. The molecule has 0 aliphatic rings. The number of nitrogens with one attached hydrogen (secondary N) is 1. The molecular formula is C24H25F6N3O4. The maximum atomic E-state index is 15.0. The minimum Gasteiger partial charge on any atom is -0.493 e. The number of aryl methyl sites for hydroxylation is 1. The second-order valence-corrected chi connectivity index (χ2v) is 8.09. The number of aliphatic hydroxyl groups excluding tert-OH is 1. The highest BCUT2D eigenvalue weighted by Crippen LogP contribution is 2.37. The van der Waals surface area contributed by atoms with E-state index in [2.05, 4.69) is 20.0 Å². The molecule has 2 N–H and O–H groups in total. The first-order chi connectivity index (χ1) is 17.4. The molecule has 0 aliphatic heterocycles. The van der Waals surface area contributed by atoms with E-state index in [1.165, 1.54) is 31.4 Å². The number of rotatable bonds is 11. The van der Waals surface area contributed by atoms with Crippen LogP contribution in [-0.4, -0.2) is 54.8 Å². The summed E-state index contributed by atoms with van der Waals surface area (Å²) in [6.07, 6.45) is -4.46. The summed E-state index contributed by atoms with van der Waals surface area (Å²) in [7, 11) is 1.38. The fraction of sp³-hybridized carbons (Fsp3) is 0.417. The Balaban J connectivity index is 1.90. The number of fused-ring (bicyclic) bond motifs is 1. The molecule has 0 bridgehead atoms. The van der Waals surface area contributed by atoms with Crippen LogP contribution in [-0.2, 0) is 10.7 Å². The second kappa shape index (κ2) is 11.4. The van der Waals surface area contributed by atoms with Gasteiger partial charge in [-0.25, -0.2) is 14.4 Å². The van der Waals surface area contributed by atoms with Crippen molar-refractivity contribution in [3.63, 3.8) is 0 Å². The lowest BCUT2D eigenvalue weighted by Gasteiger charge is -2.21. The largest absolute Gasteiger partial charge is 0.493 e. The van der Waals surface area contributed by atoms with Gasteiger partial charge in [0.15, 0.2) is 11.5 Å². The number of aromatic nitrogens is 2. The zero-order valence-corrected chi connectivity index (χ0v) is 20.1. The predicted molar refractivity (Wildman–Crippen MR) is 123 cm³/mol. The van der Waals surface area contributed by atoms with E-state index in [4.69, 9.17) is 14.6 Å². The van der Waals surface area contributed by atoms with Crippen LogP contribution in [0.3, 0.4) is 0 Å². The molecule has 1 aromatic heterocycles. The molecule has 3 aromatic rings. The maximum absolute atomic E-state index is 15.0. The van der Waals surface area contributed by atoms with Gasteiger partial charge in [0.1, 0.15) is 37.3 Å². The van der Waals surface area contributed by atoms with Gasteiger partial charge >= 0.3 is 6.18 Å². The van der Waals surface area contributed by atoms with Crippen LogP contribution in [0.2, 0.25) is 0 Å². The van der Waals surface area contributed by atoms with Crippen LogP contribution < -0.4 is 14.8 Å². The summed E-state index contributed by atoms with van der Waals surface area (Å²) in [4.78, 5) is 8.68. The first-order valence-corrected chi connectivity index (χ1v) is 11.0. The van der Waals surface area contributed by atoms with Gasteiger partial charge in [-0.15, -0.1) is 0 Å². The lowest BCUT2D eigenvalue weighted by molar-refractivity contribution is -0.175. The fourth-order valence-electron chi connectivity index (χ4n) is 3.57. The summed E-state index contributed by atoms with van der Waals surface area (Å²) in [6, 6.07) is 5.69. The van der Waals surface area contributed by atoms with Crippen molar-refractivity contribution < 1.29 is 45.7 Å². The van der Waals surface area contributed by atoms with Crippen molar-refractivity contribution in [3.8, 4) is 11.5 Å².